The molecule has 0 aliphatic carbocycles. The molecule has 0 radical (unpaired) electrons. The molecule has 9 heteroatoms. The van der Waals surface area contributed by atoms with Gasteiger partial charge in [0, 0.05) is 28.8 Å². The highest BCUT2D eigenvalue weighted by atomic mass is 79.9. The number of cyclic esters (lactones) is 1. The monoisotopic (exact) mass is 456 g/mol. The Morgan fingerprint density at radius 1 is 1.21 bits per heavy atom. The molecule has 2 heterocycles. The lowest BCUT2D eigenvalue weighted by Crippen LogP contribution is -2.24. The lowest BCUT2D eigenvalue weighted by molar-refractivity contribution is -0.116. The van der Waals surface area contributed by atoms with Gasteiger partial charge in [-0.05, 0) is 36.4 Å². The summed E-state index contributed by atoms with van der Waals surface area (Å²) in [6, 6.07) is 12.3. The van der Waals surface area contributed by atoms with Crippen molar-refractivity contribution in [3.05, 3.63) is 63.6 Å². The summed E-state index contributed by atoms with van der Waals surface area (Å²) in [5, 5.41) is 3.29. The molecule has 148 valence electrons. The van der Waals surface area contributed by atoms with Gasteiger partial charge < -0.3 is 10.1 Å². The van der Waals surface area contributed by atoms with Crippen LogP contribution in [0.5, 0.6) is 0 Å². The molecule has 1 aliphatic rings. The fourth-order valence-electron chi connectivity index (χ4n) is 3.12. The van der Waals surface area contributed by atoms with Crippen LogP contribution in [0.1, 0.15) is 6.42 Å². The van der Waals surface area contributed by atoms with Crippen molar-refractivity contribution in [1.29, 1.82) is 0 Å². The van der Waals surface area contributed by atoms with Crippen molar-refractivity contribution in [3.63, 3.8) is 0 Å². The van der Waals surface area contributed by atoms with Crippen molar-refractivity contribution in [2.24, 2.45) is 0 Å². The number of nitrogens with one attached hydrogen (secondary N) is 1. The SMILES string of the molecule is O=C(CCn1cnc2ccc(Br)cc2c1=O)Nc1cccc(N2CCOC2=O)c1. The first-order valence-corrected chi connectivity index (χ1v) is 9.79. The lowest BCUT2D eigenvalue weighted by Gasteiger charge is -2.14. The summed E-state index contributed by atoms with van der Waals surface area (Å²) in [5.41, 5.74) is 1.64. The maximum Gasteiger partial charge on any atom is 0.414 e. The van der Waals surface area contributed by atoms with Gasteiger partial charge in [-0.1, -0.05) is 22.0 Å². The number of aromatic nitrogens is 2. The van der Waals surface area contributed by atoms with Crippen LogP contribution in [-0.2, 0) is 16.1 Å². The number of carbonyl (C=O) groups is 2. The number of nitrogens with zero attached hydrogens (tertiary/aromatic N) is 3. The van der Waals surface area contributed by atoms with Gasteiger partial charge in [0.25, 0.3) is 5.56 Å². The molecule has 1 aromatic heterocycles. The Kier molecular flexibility index (Phi) is 5.30. The average Bonchev–Trinajstić information content (AvgIpc) is 3.14. The largest absolute Gasteiger partial charge is 0.447 e. The van der Waals surface area contributed by atoms with Crippen LogP contribution in [0, 0.1) is 0 Å². The quantitative estimate of drug-likeness (QED) is 0.636. The summed E-state index contributed by atoms with van der Waals surface area (Å²) in [5.74, 6) is -0.243. The highest BCUT2D eigenvalue weighted by Gasteiger charge is 2.23. The Morgan fingerprint density at radius 3 is 2.86 bits per heavy atom. The Labute approximate surface area is 174 Å². The zero-order chi connectivity index (χ0) is 20.4. The molecule has 0 saturated carbocycles. The normalized spacial score (nSPS) is 13.6. The molecule has 0 unspecified atom stereocenters. The van der Waals surface area contributed by atoms with E-state index in [4.69, 9.17) is 4.74 Å². The number of carbonyl (C=O) groups excluding carboxylic acids is 2. The van der Waals surface area contributed by atoms with Gasteiger partial charge in [-0.15, -0.1) is 0 Å². The van der Waals surface area contributed by atoms with E-state index < -0.39 is 6.09 Å². The first-order valence-electron chi connectivity index (χ1n) is 9.00. The molecule has 2 aromatic carbocycles. The lowest BCUT2D eigenvalue weighted by atomic mass is 10.2. The van der Waals surface area contributed by atoms with Crippen molar-refractivity contribution in [2.75, 3.05) is 23.4 Å². The smallest absolute Gasteiger partial charge is 0.414 e. The van der Waals surface area contributed by atoms with Crippen LogP contribution >= 0.6 is 15.9 Å². The van der Waals surface area contributed by atoms with Crippen molar-refractivity contribution >= 4 is 50.2 Å². The van der Waals surface area contributed by atoms with Crippen LogP contribution in [-0.4, -0.2) is 34.7 Å². The Hall–Kier alpha value is -3.20. The second-order valence-corrected chi connectivity index (χ2v) is 7.43. The molecule has 0 bridgehead atoms. The average molecular weight is 457 g/mol. The minimum absolute atomic E-state index is 0.108. The predicted molar refractivity (Wildman–Crippen MR) is 112 cm³/mol. The third-order valence-electron chi connectivity index (χ3n) is 4.57. The Morgan fingerprint density at radius 2 is 2.07 bits per heavy atom. The summed E-state index contributed by atoms with van der Waals surface area (Å²) in [4.78, 5) is 42.4. The van der Waals surface area contributed by atoms with Gasteiger partial charge in [0.1, 0.15) is 6.61 Å². The molecular formula is C20H17BrN4O4. The van der Waals surface area contributed by atoms with E-state index in [-0.39, 0.29) is 24.4 Å². The molecule has 1 N–H and O–H groups in total. The van der Waals surface area contributed by atoms with Gasteiger partial charge in [-0.25, -0.2) is 9.78 Å². The standard InChI is InChI=1S/C20H17BrN4O4/c21-13-4-5-17-16(10-13)19(27)24(12-22-17)7-6-18(26)23-14-2-1-3-15(11-14)25-8-9-29-20(25)28/h1-5,10-12H,6-9H2,(H,23,26). The Balaban J connectivity index is 1.43. The van der Waals surface area contributed by atoms with Crippen LogP contribution in [0.2, 0.25) is 0 Å². The Bertz CT molecular complexity index is 1160. The molecule has 0 atom stereocenters. The van der Waals surface area contributed by atoms with Crippen molar-refractivity contribution < 1.29 is 14.3 Å². The molecule has 4 rings (SSSR count). The first-order chi connectivity index (χ1) is 14.0. The maximum absolute atomic E-state index is 12.6. The summed E-state index contributed by atoms with van der Waals surface area (Å²) in [7, 11) is 0. The first kappa shape index (κ1) is 19.1. The van der Waals surface area contributed by atoms with E-state index >= 15 is 0 Å². The van der Waals surface area contributed by atoms with E-state index in [1.807, 2.05) is 6.07 Å². The van der Waals surface area contributed by atoms with Crippen molar-refractivity contribution in [1.82, 2.24) is 9.55 Å². The molecule has 2 amide bonds. The van der Waals surface area contributed by atoms with Crippen LogP contribution in [0.15, 0.2) is 58.1 Å². The number of hydrogen-bond acceptors (Lipinski definition) is 5. The number of benzene rings is 2. The van der Waals surface area contributed by atoms with Gasteiger partial charge >= 0.3 is 6.09 Å². The van der Waals surface area contributed by atoms with Gasteiger partial charge in [0.15, 0.2) is 0 Å². The third-order valence-corrected chi connectivity index (χ3v) is 5.06. The van der Waals surface area contributed by atoms with Gasteiger partial charge in [-0.3, -0.25) is 19.1 Å². The zero-order valence-electron chi connectivity index (χ0n) is 15.3. The number of anilines is 2. The molecule has 1 saturated heterocycles. The highest BCUT2D eigenvalue weighted by Crippen LogP contribution is 2.22. The van der Waals surface area contributed by atoms with Gasteiger partial charge in [-0.2, -0.15) is 0 Å². The fourth-order valence-corrected chi connectivity index (χ4v) is 3.48. The minimum atomic E-state index is -0.400. The van der Waals surface area contributed by atoms with Crippen LogP contribution in [0.25, 0.3) is 10.9 Å². The molecular weight excluding hydrogens is 440 g/mol. The summed E-state index contributed by atoms with van der Waals surface area (Å²) < 4.78 is 7.15. The molecule has 1 aliphatic heterocycles. The van der Waals surface area contributed by atoms with E-state index in [1.165, 1.54) is 15.8 Å². The molecule has 29 heavy (non-hydrogen) atoms. The van der Waals surface area contributed by atoms with E-state index in [2.05, 4.69) is 26.2 Å². The zero-order valence-corrected chi connectivity index (χ0v) is 16.9. The number of ether oxygens (including phenoxy) is 1. The second kappa shape index (κ2) is 8.04. The van der Waals surface area contributed by atoms with Crippen LogP contribution in [0.4, 0.5) is 16.2 Å². The van der Waals surface area contributed by atoms with E-state index in [9.17, 15) is 14.4 Å². The molecule has 3 aromatic rings. The summed E-state index contributed by atoms with van der Waals surface area (Å²) in [6.45, 7) is 1.03. The number of aryl methyl sites for hydroxylation is 1. The maximum atomic E-state index is 12.6. The molecule has 8 nitrogen and oxygen atoms in total. The van der Waals surface area contributed by atoms with Gasteiger partial charge in [0.2, 0.25) is 5.91 Å². The minimum Gasteiger partial charge on any atom is -0.447 e. The molecule has 1 fully saturated rings. The van der Waals surface area contributed by atoms with E-state index in [1.54, 1.807) is 36.4 Å². The fraction of sp³-hybridized carbons (Fsp3) is 0.200. The third kappa shape index (κ3) is 4.14. The number of rotatable bonds is 5. The van der Waals surface area contributed by atoms with Gasteiger partial charge in [0.05, 0.1) is 23.8 Å². The summed E-state index contributed by atoms with van der Waals surface area (Å²) in [6.07, 6.45) is 1.16. The predicted octanol–water partition coefficient (Wildman–Crippen LogP) is 3.14. The highest BCUT2D eigenvalue weighted by molar-refractivity contribution is 9.10. The number of halogens is 1. The number of amides is 2. The van der Waals surface area contributed by atoms with E-state index in [0.29, 0.717) is 35.4 Å². The number of hydrogen-bond donors (Lipinski definition) is 1. The second-order valence-electron chi connectivity index (χ2n) is 6.52. The number of fused-ring (bicyclic) bond motifs is 1. The topological polar surface area (TPSA) is 93.5 Å². The van der Waals surface area contributed by atoms with Crippen molar-refractivity contribution in [2.45, 2.75) is 13.0 Å². The van der Waals surface area contributed by atoms with Crippen molar-refractivity contribution in [3.8, 4) is 0 Å². The summed E-state index contributed by atoms with van der Waals surface area (Å²) >= 11 is 3.35. The van der Waals surface area contributed by atoms with E-state index in [0.717, 1.165) is 4.47 Å². The van der Waals surface area contributed by atoms with Crippen LogP contribution in [0.3, 0.4) is 0 Å². The molecule has 0 spiro atoms. The van der Waals surface area contributed by atoms with Crippen LogP contribution < -0.4 is 15.8 Å².